The molecule has 0 radical (unpaired) electrons. The molecule has 33 heavy (non-hydrogen) atoms. The topological polar surface area (TPSA) is 86.1 Å². The summed E-state index contributed by atoms with van der Waals surface area (Å²) < 4.78 is 32.1. The van der Waals surface area contributed by atoms with E-state index in [0.717, 1.165) is 23.5 Å². The minimum atomic E-state index is -2.57. The van der Waals surface area contributed by atoms with E-state index in [4.69, 9.17) is 0 Å². The lowest BCUT2D eigenvalue weighted by Gasteiger charge is -2.37. The standard InChI is InChI=1S/C22H24F2N8O/c1-5-29-14(4)15(10-26-29)17-6-7-25-21-16(11-27-32(17)21)22(33)30-13(3)9-18(20(23)24)31-19(30)8-12(2)28-31/h6-8,10-11,13,18,20H,5,9H2,1-4H3/t13-,18+/m1/s1. The van der Waals surface area contributed by atoms with Crippen molar-refractivity contribution in [2.45, 2.75) is 59.2 Å². The zero-order valence-electron chi connectivity index (χ0n) is 18.8. The van der Waals surface area contributed by atoms with Crippen LogP contribution in [0.25, 0.3) is 16.9 Å². The van der Waals surface area contributed by atoms with Crippen LogP contribution >= 0.6 is 0 Å². The van der Waals surface area contributed by atoms with Crippen LogP contribution in [0.2, 0.25) is 0 Å². The number of hydrogen-bond donors (Lipinski definition) is 0. The van der Waals surface area contributed by atoms with Crippen LogP contribution < -0.4 is 4.90 Å². The van der Waals surface area contributed by atoms with Crippen molar-refractivity contribution in [1.82, 2.24) is 34.2 Å². The van der Waals surface area contributed by atoms with Gasteiger partial charge in [-0.1, -0.05) is 0 Å². The van der Waals surface area contributed by atoms with E-state index < -0.39 is 18.5 Å². The van der Waals surface area contributed by atoms with Gasteiger partial charge in [-0.15, -0.1) is 0 Å². The highest BCUT2D eigenvalue weighted by atomic mass is 19.3. The molecule has 1 amide bonds. The zero-order valence-corrected chi connectivity index (χ0v) is 18.8. The minimum Gasteiger partial charge on any atom is -0.290 e. The van der Waals surface area contributed by atoms with Gasteiger partial charge >= 0.3 is 0 Å². The highest BCUT2D eigenvalue weighted by Crippen LogP contribution is 2.37. The van der Waals surface area contributed by atoms with Crippen LogP contribution in [0.5, 0.6) is 0 Å². The van der Waals surface area contributed by atoms with E-state index in [0.29, 0.717) is 22.7 Å². The Hall–Kier alpha value is -3.63. The predicted octanol–water partition coefficient (Wildman–Crippen LogP) is 3.67. The van der Waals surface area contributed by atoms with Crippen LogP contribution in [0.3, 0.4) is 0 Å². The molecule has 5 heterocycles. The number of hydrogen-bond acceptors (Lipinski definition) is 5. The van der Waals surface area contributed by atoms with E-state index >= 15 is 0 Å². The summed E-state index contributed by atoms with van der Waals surface area (Å²) in [6.07, 6.45) is 2.41. The van der Waals surface area contributed by atoms with Gasteiger partial charge in [0.15, 0.2) is 5.65 Å². The van der Waals surface area contributed by atoms with Crippen LogP contribution in [-0.4, -0.2) is 52.5 Å². The van der Waals surface area contributed by atoms with E-state index in [-0.39, 0.29) is 12.3 Å². The van der Waals surface area contributed by atoms with Gasteiger partial charge in [0.05, 0.1) is 23.8 Å². The molecule has 0 saturated heterocycles. The van der Waals surface area contributed by atoms with Crippen LogP contribution in [0.4, 0.5) is 14.6 Å². The molecule has 0 fully saturated rings. The number of anilines is 1. The summed E-state index contributed by atoms with van der Waals surface area (Å²) in [5.41, 5.74) is 3.91. The Morgan fingerprint density at radius 2 is 2.03 bits per heavy atom. The van der Waals surface area contributed by atoms with Crippen molar-refractivity contribution in [2.24, 2.45) is 0 Å². The molecule has 4 aromatic rings. The first kappa shape index (κ1) is 21.2. The number of carbonyl (C=O) groups is 1. The third-order valence-corrected chi connectivity index (χ3v) is 6.24. The van der Waals surface area contributed by atoms with Crippen molar-refractivity contribution in [1.29, 1.82) is 0 Å². The van der Waals surface area contributed by atoms with Crippen LogP contribution in [-0.2, 0) is 6.54 Å². The summed E-state index contributed by atoms with van der Waals surface area (Å²) in [4.78, 5) is 19.6. The van der Waals surface area contributed by atoms with Gasteiger partial charge in [-0.05, 0) is 40.2 Å². The highest BCUT2D eigenvalue weighted by molar-refractivity contribution is 6.10. The van der Waals surface area contributed by atoms with E-state index in [1.165, 1.54) is 15.8 Å². The monoisotopic (exact) mass is 454 g/mol. The Morgan fingerprint density at radius 1 is 1.24 bits per heavy atom. The van der Waals surface area contributed by atoms with Gasteiger partial charge in [-0.2, -0.15) is 15.3 Å². The maximum Gasteiger partial charge on any atom is 0.265 e. The number of fused-ring (bicyclic) bond motifs is 2. The fraction of sp³-hybridized carbons (Fsp3) is 0.409. The van der Waals surface area contributed by atoms with Gasteiger partial charge in [0, 0.05) is 36.1 Å². The lowest BCUT2D eigenvalue weighted by molar-refractivity contribution is 0.0609. The molecule has 0 unspecified atom stereocenters. The van der Waals surface area contributed by atoms with Crippen molar-refractivity contribution in [2.75, 3.05) is 4.90 Å². The number of aromatic nitrogens is 7. The lowest BCUT2D eigenvalue weighted by Crippen LogP contribution is -2.46. The molecule has 0 spiro atoms. The maximum absolute atomic E-state index is 13.7. The van der Waals surface area contributed by atoms with Crippen molar-refractivity contribution in [3.8, 4) is 11.3 Å². The molecule has 1 aliphatic rings. The molecular weight excluding hydrogens is 430 g/mol. The number of amides is 1. The molecule has 11 heteroatoms. The smallest absolute Gasteiger partial charge is 0.265 e. The largest absolute Gasteiger partial charge is 0.290 e. The first-order chi connectivity index (χ1) is 15.8. The van der Waals surface area contributed by atoms with Gasteiger partial charge < -0.3 is 0 Å². The van der Waals surface area contributed by atoms with Gasteiger partial charge in [0.1, 0.15) is 17.4 Å². The third-order valence-electron chi connectivity index (χ3n) is 6.24. The Labute approximate surface area is 188 Å². The number of nitrogens with zero attached hydrogens (tertiary/aromatic N) is 8. The quantitative estimate of drug-likeness (QED) is 0.470. The second-order valence-electron chi connectivity index (χ2n) is 8.33. The second-order valence-corrected chi connectivity index (χ2v) is 8.33. The van der Waals surface area contributed by atoms with E-state index in [1.54, 1.807) is 36.8 Å². The molecule has 1 aliphatic heterocycles. The Kier molecular flexibility index (Phi) is 4.98. The highest BCUT2D eigenvalue weighted by Gasteiger charge is 2.40. The molecule has 4 aromatic heterocycles. The van der Waals surface area contributed by atoms with Crippen molar-refractivity contribution < 1.29 is 13.6 Å². The van der Waals surface area contributed by atoms with Gasteiger partial charge in [-0.25, -0.2) is 23.0 Å². The lowest BCUT2D eigenvalue weighted by atomic mass is 10.0. The molecule has 0 aliphatic carbocycles. The summed E-state index contributed by atoms with van der Waals surface area (Å²) in [5, 5.41) is 13.1. The number of alkyl halides is 2. The summed E-state index contributed by atoms with van der Waals surface area (Å²) in [6.45, 7) is 8.23. The predicted molar refractivity (Wildman–Crippen MR) is 118 cm³/mol. The first-order valence-electron chi connectivity index (χ1n) is 10.8. The van der Waals surface area contributed by atoms with Crippen molar-refractivity contribution >= 4 is 17.4 Å². The second kappa shape index (κ2) is 7.75. The summed E-state index contributed by atoms with van der Waals surface area (Å²) >= 11 is 0. The molecule has 2 atom stereocenters. The van der Waals surface area contributed by atoms with Gasteiger partial charge in [0.2, 0.25) is 0 Å². The van der Waals surface area contributed by atoms with Gasteiger partial charge in [0.25, 0.3) is 12.3 Å². The van der Waals surface area contributed by atoms with Crippen LogP contribution in [0.15, 0.2) is 30.7 Å². The molecule has 9 nitrogen and oxygen atoms in total. The van der Waals surface area contributed by atoms with Gasteiger partial charge in [-0.3, -0.25) is 14.4 Å². The SMILES string of the molecule is CCn1ncc(-c2ccnc3c(C(=O)N4c5cc(C)nn5[C@H](C(F)F)C[C@H]4C)cnn23)c1C. The fourth-order valence-electron chi connectivity index (χ4n) is 4.61. The number of halogens is 2. The molecule has 0 saturated carbocycles. The average molecular weight is 454 g/mol. The molecule has 0 aromatic carbocycles. The normalized spacial score (nSPS) is 18.3. The van der Waals surface area contributed by atoms with Crippen molar-refractivity contribution in [3.05, 3.63) is 47.7 Å². The molecule has 0 N–H and O–H groups in total. The summed E-state index contributed by atoms with van der Waals surface area (Å²) in [6, 6.07) is 1.98. The number of aryl methyl sites for hydroxylation is 2. The third kappa shape index (κ3) is 3.21. The average Bonchev–Trinajstić information content (AvgIpc) is 3.48. The van der Waals surface area contributed by atoms with Crippen LogP contribution in [0.1, 0.15) is 48.1 Å². The molecule has 5 rings (SSSR count). The first-order valence-corrected chi connectivity index (χ1v) is 10.8. The summed E-state index contributed by atoms with van der Waals surface area (Å²) in [5.74, 6) is 0.00844. The number of carbonyl (C=O) groups excluding carboxylic acids is 1. The van der Waals surface area contributed by atoms with E-state index in [1.807, 2.05) is 24.6 Å². The Balaban J connectivity index is 1.60. The van der Waals surface area contributed by atoms with Crippen LogP contribution in [0, 0.1) is 13.8 Å². The van der Waals surface area contributed by atoms with E-state index in [9.17, 15) is 13.6 Å². The Bertz CT molecular complexity index is 1350. The minimum absolute atomic E-state index is 0.102. The maximum atomic E-state index is 13.7. The number of rotatable bonds is 4. The fourth-order valence-corrected chi connectivity index (χ4v) is 4.61. The zero-order chi connectivity index (χ0) is 23.4. The van der Waals surface area contributed by atoms with E-state index in [2.05, 4.69) is 20.3 Å². The molecule has 0 bridgehead atoms. The molecular formula is C22H24F2N8O. The van der Waals surface area contributed by atoms with Crippen molar-refractivity contribution in [3.63, 3.8) is 0 Å². The Morgan fingerprint density at radius 3 is 2.73 bits per heavy atom. The summed E-state index contributed by atoms with van der Waals surface area (Å²) in [7, 11) is 0. The molecule has 172 valence electrons.